The van der Waals surface area contributed by atoms with Gasteiger partial charge in [-0.3, -0.25) is 4.72 Å². The van der Waals surface area contributed by atoms with Crippen LogP contribution in [0.3, 0.4) is 0 Å². The predicted molar refractivity (Wildman–Crippen MR) is 128 cm³/mol. The van der Waals surface area contributed by atoms with E-state index in [4.69, 9.17) is 21.1 Å². The van der Waals surface area contributed by atoms with Crippen molar-refractivity contribution in [2.45, 2.75) is 11.8 Å². The number of halogens is 1. The largest absolute Gasteiger partial charge is 0.495 e. The number of anilines is 4. The Hall–Kier alpha value is -3.08. The summed E-state index contributed by atoms with van der Waals surface area (Å²) in [6.07, 6.45) is 0. The van der Waals surface area contributed by atoms with Crippen LogP contribution in [0.25, 0.3) is 0 Å². The number of rotatable bonds is 7. The van der Waals surface area contributed by atoms with E-state index in [-0.39, 0.29) is 9.92 Å². The monoisotopic (exact) mass is 489 g/mol. The van der Waals surface area contributed by atoms with E-state index in [0.29, 0.717) is 36.4 Å². The fourth-order valence-electron chi connectivity index (χ4n) is 3.32. The van der Waals surface area contributed by atoms with E-state index in [0.717, 1.165) is 24.5 Å². The third-order valence-electron chi connectivity index (χ3n) is 4.98. The number of ether oxygens (including phenoxy) is 2. The average molecular weight is 490 g/mol. The molecule has 2 N–H and O–H groups in total. The summed E-state index contributed by atoms with van der Waals surface area (Å²) in [7, 11) is -2.34. The molecule has 0 spiro atoms. The van der Waals surface area contributed by atoms with Crippen LogP contribution in [0.2, 0.25) is 5.02 Å². The van der Waals surface area contributed by atoms with E-state index in [2.05, 4.69) is 24.9 Å². The van der Waals surface area contributed by atoms with Gasteiger partial charge in [0.1, 0.15) is 11.6 Å². The Bertz CT molecular complexity index is 1230. The smallest absolute Gasteiger partial charge is 0.261 e. The number of hydrogen-bond acceptors (Lipinski definition) is 8. The highest BCUT2D eigenvalue weighted by Gasteiger charge is 2.17. The molecule has 3 aromatic rings. The summed E-state index contributed by atoms with van der Waals surface area (Å²) in [5, 5.41) is 3.47. The first kappa shape index (κ1) is 23.1. The fourth-order valence-corrected chi connectivity index (χ4v) is 4.73. The molecule has 33 heavy (non-hydrogen) atoms. The summed E-state index contributed by atoms with van der Waals surface area (Å²) in [4.78, 5) is 11.3. The lowest BCUT2D eigenvalue weighted by Gasteiger charge is -2.27. The minimum absolute atomic E-state index is 0.0441. The molecule has 0 aliphatic carbocycles. The lowest BCUT2D eigenvalue weighted by atomic mass is 10.3. The van der Waals surface area contributed by atoms with E-state index >= 15 is 0 Å². The maximum absolute atomic E-state index is 12.7. The summed E-state index contributed by atoms with van der Waals surface area (Å²) in [5.74, 6) is 1.72. The summed E-state index contributed by atoms with van der Waals surface area (Å²) < 4.78 is 38.4. The predicted octanol–water partition coefficient (Wildman–Crippen LogP) is 3.83. The van der Waals surface area contributed by atoms with Gasteiger partial charge in [-0.1, -0.05) is 11.6 Å². The quantitative estimate of drug-likeness (QED) is 0.516. The van der Waals surface area contributed by atoms with Crippen molar-refractivity contribution in [1.29, 1.82) is 0 Å². The van der Waals surface area contributed by atoms with Crippen LogP contribution in [-0.2, 0) is 14.8 Å². The summed E-state index contributed by atoms with van der Waals surface area (Å²) in [6.45, 7) is 4.72. The van der Waals surface area contributed by atoms with Gasteiger partial charge in [0.2, 0.25) is 5.95 Å². The molecule has 0 amide bonds. The highest BCUT2D eigenvalue weighted by atomic mass is 35.5. The third kappa shape index (κ3) is 5.65. The van der Waals surface area contributed by atoms with E-state index in [9.17, 15) is 8.42 Å². The van der Waals surface area contributed by atoms with Crippen molar-refractivity contribution in [3.63, 3.8) is 0 Å². The lowest BCUT2D eigenvalue weighted by molar-refractivity contribution is 0.122. The number of sulfonamides is 1. The zero-order chi connectivity index (χ0) is 23.4. The number of aryl methyl sites for hydroxylation is 1. The molecule has 2 heterocycles. The Morgan fingerprint density at radius 1 is 1.03 bits per heavy atom. The fraction of sp³-hybridized carbons (Fsp3) is 0.273. The van der Waals surface area contributed by atoms with Crippen LogP contribution in [-0.4, -0.2) is 51.8 Å². The number of morpholine rings is 1. The maximum atomic E-state index is 12.7. The van der Waals surface area contributed by atoms with Crippen LogP contribution in [0.15, 0.2) is 53.4 Å². The van der Waals surface area contributed by atoms with E-state index in [1.807, 2.05) is 13.0 Å². The van der Waals surface area contributed by atoms with Crippen molar-refractivity contribution in [2.75, 3.05) is 48.4 Å². The van der Waals surface area contributed by atoms with Gasteiger partial charge >= 0.3 is 0 Å². The molecule has 2 aromatic carbocycles. The Labute approximate surface area is 197 Å². The zero-order valence-corrected chi connectivity index (χ0v) is 19.8. The number of aromatic nitrogens is 2. The SMILES string of the molecule is COc1ccc(S(=O)(=O)Nc2ccc(Nc3cc(C)nc(N4CCOCC4)n3)cc2)cc1Cl. The first-order valence-corrected chi connectivity index (χ1v) is 12.1. The molecule has 0 saturated carbocycles. The average Bonchev–Trinajstić information content (AvgIpc) is 2.80. The minimum Gasteiger partial charge on any atom is -0.495 e. The molecule has 174 valence electrons. The van der Waals surface area contributed by atoms with Crippen LogP contribution < -0.4 is 19.7 Å². The van der Waals surface area contributed by atoms with Crippen LogP contribution in [0.5, 0.6) is 5.75 Å². The molecule has 4 rings (SSSR count). The molecule has 0 atom stereocenters. The number of nitrogens with zero attached hydrogens (tertiary/aromatic N) is 3. The van der Waals surface area contributed by atoms with E-state index in [1.54, 1.807) is 24.3 Å². The van der Waals surface area contributed by atoms with Crippen LogP contribution in [0.1, 0.15) is 5.69 Å². The number of hydrogen-bond donors (Lipinski definition) is 2. The molecule has 0 bridgehead atoms. The second-order valence-electron chi connectivity index (χ2n) is 7.40. The normalized spacial score (nSPS) is 14.1. The summed E-state index contributed by atoms with van der Waals surface area (Å²) >= 11 is 6.06. The molecular formula is C22H24ClN5O4S. The van der Waals surface area contributed by atoms with Gasteiger partial charge in [0.15, 0.2) is 0 Å². The minimum atomic E-state index is -3.80. The summed E-state index contributed by atoms with van der Waals surface area (Å²) in [5.41, 5.74) is 2.02. The zero-order valence-electron chi connectivity index (χ0n) is 18.2. The van der Waals surface area contributed by atoms with Crippen LogP contribution in [0, 0.1) is 6.92 Å². The number of methoxy groups -OCH3 is 1. The molecular weight excluding hydrogens is 466 g/mol. The third-order valence-corrected chi connectivity index (χ3v) is 6.65. The number of nitrogens with one attached hydrogen (secondary N) is 2. The Balaban J connectivity index is 1.46. The van der Waals surface area contributed by atoms with Gasteiger partial charge in [-0.15, -0.1) is 0 Å². The molecule has 1 aliphatic rings. The Morgan fingerprint density at radius 2 is 1.73 bits per heavy atom. The standard InChI is InChI=1S/C22H24ClN5O4S/c1-15-13-21(26-22(24-15)28-9-11-32-12-10-28)25-16-3-5-17(6-4-16)27-33(29,30)18-7-8-20(31-2)19(23)14-18/h3-8,13-14,27H,9-12H2,1-2H3,(H,24,25,26). The molecule has 1 aromatic heterocycles. The molecule has 0 unspecified atom stereocenters. The van der Waals surface area contributed by atoms with Gasteiger partial charge in [0.25, 0.3) is 10.0 Å². The molecule has 1 saturated heterocycles. The van der Waals surface area contributed by atoms with E-state index < -0.39 is 10.0 Å². The van der Waals surface area contributed by atoms with Gasteiger partial charge < -0.3 is 19.7 Å². The number of benzene rings is 2. The Morgan fingerprint density at radius 3 is 2.39 bits per heavy atom. The first-order chi connectivity index (χ1) is 15.8. The van der Waals surface area contributed by atoms with E-state index in [1.165, 1.54) is 25.3 Å². The lowest BCUT2D eigenvalue weighted by Crippen LogP contribution is -2.37. The van der Waals surface area contributed by atoms with Crippen molar-refractivity contribution in [3.8, 4) is 5.75 Å². The molecule has 11 heteroatoms. The van der Waals surface area contributed by atoms with Gasteiger partial charge in [-0.25, -0.2) is 13.4 Å². The van der Waals surface area contributed by atoms with Crippen LogP contribution in [0.4, 0.5) is 23.1 Å². The first-order valence-electron chi connectivity index (χ1n) is 10.3. The topological polar surface area (TPSA) is 106 Å². The van der Waals surface area contributed by atoms with Gasteiger partial charge in [0.05, 0.1) is 30.2 Å². The van der Waals surface area contributed by atoms with Crippen molar-refractivity contribution >= 4 is 44.8 Å². The highest BCUT2D eigenvalue weighted by Crippen LogP contribution is 2.28. The van der Waals surface area contributed by atoms with Crippen molar-refractivity contribution in [3.05, 3.63) is 59.2 Å². The molecule has 1 fully saturated rings. The Kier molecular flexibility index (Phi) is 6.87. The van der Waals surface area contributed by atoms with Gasteiger partial charge in [-0.05, 0) is 49.4 Å². The molecule has 1 aliphatic heterocycles. The maximum Gasteiger partial charge on any atom is 0.261 e. The second kappa shape index (κ2) is 9.82. The van der Waals surface area contributed by atoms with Crippen molar-refractivity contribution in [1.82, 2.24) is 9.97 Å². The van der Waals surface area contributed by atoms with Crippen molar-refractivity contribution < 1.29 is 17.9 Å². The van der Waals surface area contributed by atoms with Crippen molar-refractivity contribution in [2.24, 2.45) is 0 Å². The second-order valence-corrected chi connectivity index (χ2v) is 9.49. The van der Waals surface area contributed by atoms with Gasteiger partial charge in [0, 0.05) is 36.2 Å². The highest BCUT2D eigenvalue weighted by molar-refractivity contribution is 7.92. The van der Waals surface area contributed by atoms with Crippen LogP contribution >= 0.6 is 11.6 Å². The summed E-state index contributed by atoms with van der Waals surface area (Å²) in [6, 6.07) is 13.0. The molecule has 0 radical (unpaired) electrons. The van der Waals surface area contributed by atoms with Gasteiger partial charge in [-0.2, -0.15) is 4.98 Å². The molecule has 9 nitrogen and oxygen atoms in total.